The Labute approximate surface area is 546 Å². The number of unbranched alkanes of at least 4 members (excludes halogenated alkanes) is 5. The van der Waals surface area contributed by atoms with Crippen molar-refractivity contribution in [2.24, 2.45) is 0 Å². The minimum Gasteiger partial charge on any atom is -0.464 e. The normalized spacial score (nSPS) is 11.5. The van der Waals surface area contributed by atoms with Gasteiger partial charge in [0.2, 0.25) is 11.8 Å². The van der Waals surface area contributed by atoms with Gasteiger partial charge in [0.05, 0.1) is 88.6 Å². The fraction of sp³-hybridized carbons (Fsp3) is 0.521. The van der Waals surface area contributed by atoms with Gasteiger partial charge < -0.3 is 43.5 Å². The number of ketones is 2. The number of ether oxygens (including phenoxy) is 6. The zero-order valence-corrected chi connectivity index (χ0v) is 51.7. The smallest absolute Gasteiger partial charge is 0.407 e. The molecule has 3 amide bonds. The summed E-state index contributed by atoms with van der Waals surface area (Å²) in [5, 5.41) is 20.8. The first kappa shape index (κ1) is 78.3. The molecule has 0 atom stereocenters. The molecule has 92 heavy (non-hydrogen) atoms. The average molecular weight is 1270 g/mol. The van der Waals surface area contributed by atoms with Crippen molar-refractivity contribution in [1.82, 2.24) is 35.3 Å². The molecule has 2 aromatic heterocycles. The summed E-state index contributed by atoms with van der Waals surface area (Å²) in [5.41, 5.74) is 9.77. The first-order valence-corrected chi connectivity index (χ1v) is 31.1. The molecule has 2 aliphatic heterocycles. The molecular formula is C71H103N9O12. The maximum atomic E-state index is 13.7. The van der Waals surface area contributed by atoms with Crippen molar-refractivity contribution in [3.8, 4) is 45.0 Å². The third kappa shape index (κ3) is 23.3. The van der Waals surface area contributed by atoms with Gasteiger partial charge in [-0.05, 0) is 48.9 Å². The highest BCUT2D eigenvalue weighted by Gasteiger charge is 2.31. The van der Waals surface area contributed by atoms with E-state index in [0.29, 0.717) is 123 Å². The zero-order valence-electron chi connectivity index (χ0n) is 51.7. The van der Waals surface area contributed by atoms with E-state index in [9.17, 15) is 28.8 Å². The largest absolute Gasteiger partial charge is 0.464 e. The lowest BCUT2D eigenvalue weighted by molar-refractivity contribution is -0.144. The highest BCUT2D eigenvalue weighted by Crippen LogP contribution is 2.43. The molecule has 0 radical (unpaired) electrons. The molecule has 0 spiro atoms. The van der Waals surface area contributed by atoms with E-state index in [4.69, 9.17) is 28.4 Å². The van der Waals surface area contributed by atoms with Crippen LogP contribution in [0.15, 0.2) is 97.1 Å². The number of alkyl carbamates (subject to hydrolysis) is 1. The molecule has 0 bridgehead atoms. The van der Waals surface area contributed by atoms with E-state index in [2.05, 4.69) is 39.8 Å². The Bertz CT molecular complexity index is 3200. The number of carbonyl (C=O) groups is 6. The molecule has 21 heteroatoms. The average Bonchev–Trinajstić information content (AvgIpc) is 1.48. The second kappa shape index (κ2) is 43.0. The molecule has 4 aromatic carbocycles. The second-order valence-corrected chi connectivity index (χ2v) is 21.6. The molecule has 4 heterocycles. The van der Waals surface area contributed by atoms with Gasteiger partial charge >= 0.3 is 12.1 Å². The van der Waals surface area contributed by atoms with Gasteiger partial charge in [0.15, 0.2) is 0 Å². The third-order valence-corrected chi connectivity index (χ3v) is 15.2. The predicted molar refractivity (Wildman–Crippen MR) is 362 cm³/mol. The summed E-state index contributed by atoms with van der Waals surface area (Å²) in [4.78, 5) is 80.1. The van der Waals surface area contributed by atoms with Gasteiger partial charge in [0.25, 0.3) is 0 Å². The number of Topliss-reactive ketones (excluding diaryl/α,β-unsaturated/α-hetero) is 2. The van der Waals surface area contributed by atoms with Crippen LogP contribution in [0, 0.1) is 0 Å². The van der Waals surface area contributed by atoms with E-state index >= 15 is 0 Å². The summed E-state index contributed by atoms with van der Waals surface area (Å²) in [7, 11) is 3.21. The number of hydrogen-bond donors (Lipinski definition) is 1. The minimum absolute atomic E-state index is 0. The number of methoxy groups -OCH3 is 2. The van der Waals surface area contributed by atoms with Crippen molar-refractivity contribution in [2.75, 3.05) is 83.4 Å². The summed E-state index contributed by atoms with van der Waals surface area (Å²) in [5.74, 6) is -0.173. The van der Waals surface area contributed by atoms with Gasteiger partial charge in [-0.25, -0.2) is 14.2 Å². The molecule has 0 aliphatic carbocycles. The molecule has 0 fully saturated rings. The quantitative estimate of drug-likeness (QED) is 0.0287. The molecule has 504 valence electrons. The van der Waals surface area contributed by atoms with Crippen LogP contribution in [-0.4, -0.2) is 139 Å². The number of carbonyl (C=O) groups excluding carboxylic acids is 6. The Kier molecular flexibility index (Phi) is 36.5. The maximum absolute atomic E-state index is 13.7. The number of fused-ring (bicyclic) bond motifs is 10. The lowest BCUT2D eigenvalue weighted by atomic mass is 9.95. The van der Waals surface area contributed by atoms with E-state index < -0.39 is 6.09 Å². The van der Waals surface area contributed by atoms with Crippen LogP contribution in [0.2, 0.25) is 0 Å². The number of anilines is 2. The van der Waals surface area contributed by atoms with E-state index in [1.807, 2.05) is 97.1 Å². The van der Waals surface area contributed by atoms with Gasteiger partial charge in [-0.1, -0.05) is 171 Å². The van der Waals surface area contributed by atoms with Gasteiger partial charge in [0, 0.05) is 88.0 Å². The van der Waals surface area contributed by atoms with Gasteiger partial charge in [-0.3, -0.25) is 24.0 Å². The Morgan fingerprint density at radius 3 is 1.46 bits per heavy atom. The summed E-state index contributed by atoms with van der Waals surface area (Å²) in [6, 6.07) is 31.2. The minimum atomic E-state index is -0.443. The number of amides is 3. The van der Waals surface area contributed by atoms with Crippen LogP contribution in [0.3, 0.4) is 0 Å². The number of nitrogens with zero attached hydrogens (tertiary/aromatic N) is 8. The second-order valence-electron chi connectivity index (χ2n) is 21.6. The van der Waals surface area contributed by atoms with E-state index in [1.54, 1.807) is 33.4 Å². The molecule has 0 saturated carbocycles. The van der Waals surface area contributed by atoms with Crippen LogP contribution in [0.5, 0.6) is 0 Å². The highest BCUT2D eigenvalue weighted by molar-refractivity contribution is 6.01. The van der Waals surface area contributed by atoms with Gasteiger partial charge in [0.1, 0.15) is 36.2 Å². The topological polar surface area (TPSA) is 238 Å². The zero-order chi connectivity index (χ0) is 62.3. The Morgan fingerprint density at radius 2 is 0.902 bits per heavy atom. The highest BCUT2D eigenvalue weighted by atomic mass is 16.6. The fourth-order valence-corrected chi connectivity index (χ4v) is 10.5. The SMILES string of the molecule is C.C.C.C.CCCCCCC(=O)OCCn1nnc2c1-c1ccccc1N(C(=O)CCCC(=O)CCOCCOC)Cc1ccccc1-2.CCCCCNC(=O)OCCn1nnc2c1-c1ccccc1CN(C(=O)CCCC(=O)CCOCCOC)c1ccccc1-2. The Morgan fingerprint density at radius 1 is 0.446 bits per heavy atom. The monoisotopic (exact) mass is 1270 g/mol. The van der Waals surface area contributed by atoms with E-state index in [0.717, 1.165) is 107 Å². The number of rotatable bonds is 35. The summed E-state index contributed by atoms with van der Waals surface area (Å²) < 4.78 is 35.1. The summed E-state index contributed by atoms with van der Waals surface area (Å²) >= 11 is 0. The molecule has 6 aromatic rings. The van der Waals surface area contributed by atoms with Crippen molar-refractivity contribution >= 4 is 46.8 Å². The Balaban J connectivity index is 0.000000460. The lowest BCUT2D eigenvalue weighted by Crippen LogP contribution is -2.31. The van der Waals surface area contributed by atoms with E-state index in [1.165, 1.54) is 0 Å². The van der Waals surface area contributed by atoms with Crippen molar-refractivity contribution in [1.29, 1.82) is 0 Å². The van der Waals surface area contributed by atoms with Crippen LogP contribution in [0.1, 0.15) is 157 Å². The van der Waals surface area contributed by atoms with Gasteiger partial charge in [-0.2, -0.15) is 0 Å². The number of esters is 1. The molecule has 1 N–H and O–H groups in total. The molecule has 8 rings (SSSR count). The molecule has 2 aliphatic rings. The molecular weight excluding hydrogens is 1170 g/mol. The number of hydrogen-bond acceptors (Lipinski definition) is 16. The van der Waals surface area contributed by atoms with Crippen molar-refractivity contribution < 1.29 is 57.2 Å². The van der Waals surface area contributed by atoms with Crippen LogP contribution in [0.25, 0.3) is 45.0 Å². The van der Waals surface area contributed by atoms with Crippen molar-refractivity contribution in [3.63, 3.8) is 0 Å². The van der Waals surface area contributed by atoms with E-state index in [-0.39, 0.29) is 85.1 Å². The van der Waals surface area contributed by atoms with Crippen molar-refractivity contribution in [3.05, 3.63) is 108 Å². The van der Waals surface area contributed by atoms with Crippen LogP contribution >= 0.6 is 0 Å². The van der Waals surface area contributed by atoms with Gasteiger partial charge in [-0.15, -0.1) is 10.2 Å². The number of nitrogens with one attached hydrogen (secondary N) is 1. The summed E-state index contributed by atoms with van der Waals surface area (Å²) in [6.45, 7) is 9.17. The Hall–Kier alpha value is -7.98. The number of para-hydroxylation sites is 2. The molecule has 0 unspecified atom stereocenters. The van der Waals surface area contributed by atoms with Crippen LogP contribution < -0.4 is 15.1 Å². The maximum Gasteiger partial charge on any atom is 0.407 e. The summed E-state index contributed by atoms with van der Waals surface area (Å²) in [6.07, 6.45) is 9.81. The van der Waals surface area contributed by atoms with Crippen LogP contribution in [0.4, 0.5) is 16.2 Å². The number of aromatic nitrogens is 6. The van der Waals surface area contributed by atoms with Crippen molar-refractivity contribution in [2.45, 2.75) is 172 Å². The first-order chi connectivity index (χ1) is 43.1. The lowest BCUT2D eigenvalue weighted by Gasteiger charge is -2.29. The molecule has 21 nitrogen and oxygen atoms in total. The standard InChI is InChI=1S/C34H44N4O6.C33H43N5O6.4CH4/c1-3-4-5-6-18-32(41)44-22-20-38-34-29-15-9-10-16-30(29)37(25-26-12-7-8-14-28(26)33(34)35-36-38)31(40)17-11-13-27(39)19-21-43-24-23-42-2;1-3-4-9-18-34-33(41)44-21-19-38-32-27-13-6-5-11-25(27)24-37(29-15-8-7-14-28(29)31(32)35-36-38)30(40)16-10-12-26(39)17-20-43-23-22-42-2;;;;/h7-10,12,14-16H,3-6,11,13,17-25H2,1-2H3;5-8,11,13-15H,3-4,9-10,12,16-24H2,1-2H3,(H,34,41);4*1H4. The number of benzene rings is 4. The predicted octanol–water partition coefficient (Wildman–Crippen LogP) is 13.5. The van der Waals surface area contributed by atoms with Crippen LogP contribution in [-0.2, 0) is 78.6 Å². The molecule has 0 saturated heterocycles. The first-order valence-electron chi connectivity index (χ1n) is 31.1. The third-order valence-electron chi connectivity index (χ3n) is 15.2. The fourth-order valence-electron chi connectivity index (χ4n) is 10.5.